The predicted octanol–water partition coefficient (Wildman–Crippen LogP) is 0.568. The molecule has 0 saturated heterocycles. The van der Waals surface area contributed by atoms with Crippen LogP contribution in [0.4, 0.5) is 0 Å². The van der Waals surface area contributed by atoms with Gasteiger partial charge in [0.15, 0.2) is 11.6 Å². The van der Waals surface area contributed by atoms with E-state index in [1.54, 1.807) is 0 Å². The van der Waals surface area contributed by atoms with Crippen molar-refractivity contribution in [2.45, 2.75) is 0 Å². The molecule has 1 heterocycles. The fourth-order valence-electron chi connectivity index (χ4n) is 1.17. The van der Waals surface area contributed by atoms with Crippen LogP contribution in [0.3, 0.4) is 0 Å². The average Bonchev–Trinajstić information content (AvgIpc) is 2.23. The number of allylic oxidation sites excluding steroid dienone is 4. The summed E-state index contributed by atoms with van der Waals surface area (Å²) in [5.74, 6) is -0.386. The second-order valence-electron chi connectivity index (χ2n) is 2.79. The Bertz CT molecular complexity index is 446. The molecule has 4 nitrogen and oxygen atoms in total. The third kappa shape index (κ3) is 1.50. The Kier molecular flexibility index (Phi) is 2.02. The van der Waals surface area contributed by atoms with Crippen molar-refractivity contribution in [1.82, 2.24) is 9.97 Å². The van der Waals surface area contributed by atoms with E-state index in [0.717, 1.165) is 0 Å². The smallest absolute Gasteiger partial charge is 0.186 e. The SMILES string of the molecule is O=C1C=CC(=O)C(c2cncnc2)=C1. The molecule has 1 aliphatic carbocycles. The third-order valence-corrected chi connectivity index (χ3v) is 1.82. The van der Waals surface area contributed by atoms with E-state index in [4.69, 9.17) is 0 Å². The summed E-state index contributed by atoms with van der Waals surface area (Å²) < 4.78 is 0. The van der Waals surface area contributed by atoms with Crippen LogP contribution in [-0.4, -0.2) is 21.5 Å². The molecule has 0 fully saturated rings. The van der Waals surface area contributed by atoms with E-state index in [-0.39, 0.29) is 11.6 Å². The maximum Gasteiger partial charge on any atom is 0.186 e. The number of carbonyl (C=O) groups is 2. The second kappa shape index (κ2) is 3.33. The molecular weight excluding hydrogens is 180 g/mol. The number of rotatable bonds is 1. The molecule has 0 spiro atoms. The molecule has 4 heteroatoms. The second-order valence-corrected chi connectivity index (χ2v) is 2.79. The van der Waals surface area contributed by atoms with Crippen molar-refractivity contribution in [2.75, 3.05) is 0 Å². The molecule has 0 aromatic carbocycles. The molecular formula is C10H6N2O2. The Labute approximate surface area is 80.0 Å². The van der Waals surface area contributed by atoms with E-state index in [1.165, 1.54) is 36.9 Å². The van der Waals surface area contributed by atoms with Gasteiger partial charge in [-0.05, 0) is 18.2 Å². The quantitative estimate of drug-likeness (QED) is 0.601. The Hall–Kier alpha value is -2.10. The van der Waals surface area contributed by atoms with Gasteiger partial charge in [-0.1, -0.05) is 0 Å². The van der Waals surface area contributed by atoms with Gasteiger partial charge < -0.3 is 0 Å². The summed E-state index contributed by atoms with van der Waals surface area (Å²) in [7, 11) is 0. The zero-order valence-electron chi connectivity index (χ0n) is 7.18. The highest BCUT2D eigenvalue weighted by atomic mass is 16.1. The van der Waals surface area contributed by atoms with Crippen molar-refractivity contribution in [3.63, 3.8) is 0 Å². The third-order valence-electron chi connectivity index (χ3n) is 1.82. The van der Waals surface area contributed by atoms with E-state index in [2.05, 4.69) is 9.97 Å². The molecule has 2 rings (SSSR count). The highest BCUT2D eigenvalue weighted by Crippen LogP contribution is 2.16. The minimum absolute atomic E-state index is 0.191. The first-order valence-corrected chi connectivity index (χ1v) is 4.01. The first kappa shape index (κ1) is 8.50. The molecule has 0 bridgehead atoms. The maximum absolute atomic E-state index is 11.4. The van der Waals surface area contributed by atoms with E-state index in [0.29, 0.717) is 11.1 Å². The highest BCUT2D eigenvalue weighted by Gasteiger charge is 2.14. The predicted molar refractivity (Wildman–Crippen MR) is 49.2 cm³/mol. The first-order valence-electron chi connectivity index (χ1n) is 4.01. The number of carbonyl (C=O) groups excluding carboxylic acids is 2. The summed E-state index contributed by atoms with van der Waals surface area (Å²) in [4.78, 5) is 30.0. The molecule has 1 aliphatic rings. The molecule has 1 aromatic heterocycles. The lowest BCUT2D eigenvalue weighted by atomic mass is 9.99. The van der Waals surface area contributed by atoms with Crippen LogP contribution in [0.15, 0.2) is 36.9 Å². The van der Waals surface area contributed by atoms with Crippen LogP contribution in [0.5, 0.6) is 0 Å². The van der Waals surface area contributed by atoms with Gasteiger partial charge in [-0.25, -0.2) is 9.97 Å². The zero-order chi connectivity index (χ0) is 9.97. The number of nitrogens with zero attached hydrogens (tertiary/aromatic N) is 2. The molecule has 0 saturated carbocycles. The number of hydrogen-bond donors (Lipinski definition) is 0. The maximum atomic E-state index is 11.4. The minimum atomic E-state index is -0.195. The molecule has 0 amide bonds. The summed E-state index contributed by atoms with van der Waals surface area (Å²) in [6.45, 7) is 0. The number of hydrogen-bond acceptors (Lipinski definition) is 4. The Morgan fingerprint density at radius 2 is 1.71 bits per heavy atom. The molecule has 1 aromatic rings. The van der Waals surface area contributed by atoms with Crippen molar-refractivity contribution in [3.8, 4) is 0 Å². The summed E-state index contributed by atoms with van der Waals surface area (Å²) >= 11 is 0. The van der Waals surface area contributed by atoms with Crippen molar-refractivity contribution < 1.29 is 9.59 Å². The first-order chi connectivity index (χ1) is 6.77. The zero-order valence-corrected chi connectivity index (χ0v) is 7.18. The topological polar surface area (TPSA) is 59.9 Å². The van der Waals surface area contributed by atoms with E-state index >= 15 is 0 Å². The van der Waals surface area contributed by atoms with Crippen LogP contribution in [0.1, 0.15) is 5.56 Å². The molecule has 0 aliphatic heterocycles. The summed E-state index contributed by atoms with van der Waals surface area (Å²) in [5, 5.41) is 0. The van der Waals surface area contributed by atoms with Crippen molar-refractivity contribution in [1.29, 1.82) is 0 Å². The van der Waals surface area contributed by atoms with Gasteiger partial charge in [0.05, 0.1) is 0 Å². The van der Waals surface area contributed by atoms with Crippen LogP contribution in [0, 0.1) is 0 Å². The normalized spacial score (nSPS) is 15.6. The standard InChI is InChI=1S/C10H6N2O2/c13-8-1-2-10(14)9(3-8)7-4-11-6-12-5-7/h1-6H. The summed E-state index contributed by atoms with van der Waals surface area (Å²) in [6.07, 6.45) is 8.17. The molecule has 68 valence electrons. The highest BCUT2D eigenvalue weighted by molar-refractivity contribution is 6.33. The molecule has 0 atom stereocenters. The number of aromatic nitrogens is 2. The minimum Gasteiger partial charge on any atom is -0.290 e. The lowest BCUT2D eigenvalue weighted by molar-refractivity contribution is -0.113. The summed E-state index contributed by atoms with van der Waals surface area (Å²) in [6, 6.07) is 0. The van der Waals surface area contributed by atoms with E-state index < -0.39 is 0 Å². The van der Waals surface area contributed by atoms with E-state index in [1.807, 2.05) is 0 Å². The van der Waals surface area contributed by atoms with Crippen LogP contribution < -0.4 is 0 Å². The summed E-state index contributed by atoms with van der Waals surface area (Å²) in [5.41, 5.74) is 0.910. The molecule has 0 radical (unpaired) electrons. The average molecular weight is 186 g/mol. The van der Waals surface area contributed by atoms with E-state index in [9.17, 15) is 9.59 Å². The van der Waals surface area contributed by atoms with Gasteiger partial charge in [0, 0.05) is 23.5 Å². The fourth-order valence-corrected chi connectivity index (χ4v) is 1.17. The van der Waals surface area contributed by atoms with Crippen LogP contribution in [0.2, 0.25) is 0 Å². The largest absolute Gasteiger partial charge is 0.290 e. The monoisotopic (exact) mass is 186 g/mol. The van der Waals surface area contributed by atoms with Gasteiger partial charge in [0.2, 0.25) is 0 Å². The van der Waals surface area contributed by atoms with Crippen LogP contribution in [0.25, 0.3) is 5.57 Å². The van der Waals surface area contributed by atoms with Crippen molar-refractivity contribution in [3.05, 3.63) is 42.5 Å². The van der Waals surface area contributed by atoms with Gasteiger partial charge in [0.25, 0.3) is 0 Å². The molecule has 0 unspecified atom stereocenters. The van der Waals surface area contributed by atoms with Gasteiger partial charge in [-0.15, -0.1) is 0 Å². The lowest BCUT2D eigenvalue weighted by Crippen LogP contribution is -2.06. The van der Waals surface area contributed by atoms with Crippen LogP contribution in [-0.2, 0) is 9.59 Å². The van der Waals surface area contributed by atoms with Gasteiger partial charge in [-0.3, -0.25) is 9.59 Å². The molecule has 14 heavy (non-hydrogen) atoms. The van der Waals surface area contributed by atoms with Gasteiger partial charge in [0.1, 0.15) is 6.33 Å². The van der Waals surface area contributed by atoms with Crippen molar-refractivity contribution in [2.24, 2.45) is 0 Å². The van der Waals surface area contributed by atoms with Crippen LogP contribution >= 0.6 is 0 Å². The Morgan fingerprint density at radius 1 is 1.00 bits per heavy atom. The van der Waals surface area contributed by atoms with Gasteiger partial charge in [-0.2, -0.15) is 0 Å². The Morgan fingerprint density at radius 3 is 2.43 bits per heavy atom. The van der Waals surface area contributed by atoms with Crippen molar-refractivity contribution >= 4 is 17.1 Å². The lowest BCUT2D eigenvalue weighted by Gasteiger charge is -2.04. The molecule has 0 N–H and O–H groups in total. The number of ketones is 2. The van der Waals surface area contributed by atoms with Gasteiger partial charge >= 0.3 is 0 Å². The Balaban J connectivity index is 2.45. The fraction of sp³-hybridized carbons (Fsp3) is 0.